The molecule has 0 radical (unpaired) electrons. The minimum absolute atomic E-state index is 0.632. The van der Waals surface area contributed by atoms with Crippen molar-refractivity contribution in [2.45, 2.75) is 6.92 Å². The van der Waals surface area contributed by atoms with Crippen molar-refractivity contribution in [2.24, 2.45) is 0 Å². The van der Waals surface area contributed by atoms with E-state index in [1.54, 1.807) is 24.8 Å². The van der Waals surface area contributed by atoms with Crippen LogP contribution in [0.25, 0.3) is 0 Å². The molecule has 80 valence electrons. The molecule has 0 aliphatic carbocycles. The zero-order valence-corrected chi connectivity index (χ0v) is 9.36. The highest BCUT2D eigenvalue weighted by molar-refractivity contribution is 5.46. The molecule has 0 fully saturated rings. The van der Waals surface area contributed by atoms with Gasteiger partial charge < -0.3 is 0 Å². The molecule has 2 aromatic rings. The number of rotatable bonds is 0. The Bertz CT molecular complexity index is 628. The molecule has 0 saturated heterocycles. The van der Waals surface area contributed by atoms with Crippen LogP contribution in [-0.4, -0.2) is 4.98 Å². The zero-order chi connectivity index (χ0) is 12.1. The Morgan fingerprint density at radius 2 is 1.88 bits per heavy atom. The molecular formula is C14H10N3+. The summed E-state index contributed by atoms with van der Waals surface area (Å²) in [6.07, 6.45) is 5.05. The van der Waals surface area contributed by atoms with Crippen molar-refractivity contribution >= 4 is 0 Å². The number of hydrogen-bond donors (Lipinski definition) is 0. The summed E-state index contributed by atoms with van der Waals surface area (Å²) in [4.78, 5) is 6.80. The van der Waals surface area contributed by atoms with Gasteiger partial charge in [0.2, 0.25) is 0 Å². The third-order valence-electron chi connectivity index (χ3n) is 2.16. The van der Waals surface area contributed by atoms with Gasteiger partial charge in [0.15, 0.2) is 6.20 Å². The quantitative estimate of drug-likeness (QED) is 0.631. The number of hydrogen-bond acceptors (Lipinski definition) is 2. The van der Waals surface area contributed by atoms with Gasteiger partial charge in [-0.1, -0.05) is 16.8 Å². The minimum Gasteiger partial charge on any atom is -0.249 e. The smallest absolute Gasteiger partial charge is 0.249 e. The summed E-state index contributed by atoms with van der Waals surface area (Å²) >= 11 is 0. The van der Waals surface area contributed by atoms with Gasteiger partial charge in [0.1, 0.15) is 11.8 Å². The van der Waals surface area contributed by atoms with Gasteiger partial charge in [0.25, 0.3) is 6.33 Å². The summed E-state index contributed by atoms with van der Waals surface area (Å²) in [5.41, 5.74) is 3.32. The van der Waals surface area contributed by atoms with Crippen molar-refractivity contribution in [1.82, 2.24) is 4.98 Å². The Labute approximate surface area is 99.8 Å². The summed E-state index contributed by atoms with van der Waals surface area (Å²) in [7, 11) is 0. The van der Waals surface area contributed by atoms with Crippen molar-refractivity contribution in [3.05, 3.63) is 59.2 Å². The Hall–Kier alpha value is -2.65. The minimum atomic E-state index is 0.632. The van der Waals surface area contributed by atoms with Gasteiger partial charge in [-0.05, 0) is 30.7 Å². The Morgan fingerprint density at radius 1 is 1.12 bits per heavy atom. The standard InChI is InChI=1S/C14H9N3/c1-11-4-12(6-14(5-11)7-15)2-3-13-8-16-10-17-9-13/h4-6,8-10H,1H3/p+1. The molecule has 1 aromatic carbocycles. The largest absolute Gasteiger partial charge is 0.283 e. The first-order valence-corrected chi connectivity index (χ1v) is 5.13. The maximum Gasteiger partial charge on any atom is 0.283 e. The summed E-state index contributed by atoms with van der Waals surface area (Å²) in [6, 6.07) is 7.69. The molecule has 1 heterocycles. The molecule has 0 spiro atoms. The number of nitriles is 1. The number of nitrogens with zero attached hydrogens (tertiary/aromatic N) is 2. The van der Waals surface area contributed by atoms with Gasteiger partial charge >= 0.3 is 0 Å². The third kappa shape index (κ3) is 2.90. The van der Waals surface area contributed by atoms with Crippen LogP contribution in [0.2, 0.25) is 0 Å². The number of H-pyrrole nitrogens is 1. The van der Waals surface area contributed by atoms with E-state index in [-0.39, 0.29) is 0 Å². The second kappa shape index (κ2) is 4.92. The van der Waals surface area contributed by atoms with Gasteiger partial charge in [-0.15, -0.1) is 0 Å². The normalized spacial score (nSPS) is 8.94. The zero-order valence-electron chi connectivity index (χ0n) is 9.36. The molecule has 17 heavy (non-hydrogen) atoms. The fraction of sp³-hybridized carbons (Fsp3) is 0.0714. The maximum absolute atomic E-state index is 8.86. The van der Waals surface area contributed by atoms with Gasteiger partial charge in [0, 0.05) is 5.56 Å². The molecule has 0 bridgehead atoms. The number of aromatic amines is 1. The third-order valence-corrected chi connectivity index (χ3v) is 2.16. The lowest BCUT2D eigenvalue weighted by Gasteiger charge is -1.95. The Balaban J connectivity index is 2.35. The molecule has 0 atom stereocenters. The molecule has 0 saturated carbocycles. The highest BCUT2D eigenvalue weighted by Crippen LogP contribution is 2.07. The van der Waals surface area contributed by atoms with Crippen molar-refractivity contribution < 1.29 is 4.98 Å². The van der Waals surface area contributed by atoms with Crippen LogP contribution in [0.3, 0.4) is 0 Å². The fourth-order valence-corrected chi connectivity index (χ4v) is 1.46. The van der Waals surface area contributed by atoms with E-state index in [9.17, 15) is 0 Å². The van der Waals surface area contributed by atoms with Crippen molar-refractivity contribution in [2.75, 3.05) is 0 Å². The van der Waals surface area contributed by atoms with E-state index in [1.165, 1.54) is 0 Å². The molecule has 0 aliphatic heterocycles. The van der Waals surface area contributed by atoms with Crippen LogP contribution < -0.4 is 4.98 Å². The summed E-state index contributed by atoms with van der Waals surface area (Å²) in [5, 5.41) is 8.86. The van der Waals surface area contributed by atoms with Crippen LogP contribution in [0.1, 0.15) is 22.3 Å². The number of nitrogens with one attached hydrogen (secondary N) is 1. The van der Waals surface area contributed by atoms with Crippen molar-refractivity contribution in [3.63, 3.8) is 0 Å². The second-order valence-electron chi connectivity index (χ2n) is 3.62. The van der Waals surface area contributed by atoms with E-state index in [2.05, 4.69) is 27.9 Å². The fourth-order valence-electron chi connectivity index (χ4n) is 1.46. The maximum atomic E-state index is 8.86. The molecule has 3 heteroatoms. The van der Waals surface area contributed by atoms with Crippen molar-refractivity contribution in [1.29, 1.82) is 5.26 Å². The van der Waals surface area contributed by atoms with Crippen LogP contribution in [0.15, 0.2) is 36.9 Å². The van der Waals surface area contributed by atoms with E-state index in [4.69, 9.17) is 5.26 Å². The van der Waals surface area contributed by atoms with Crippen LogP contribution >= 0.6 is 0 Å². The monoisotopic (exact) mass is 220 g/mol. The predicted molar refractivity (Wildman–Crippen MR) is 62.7 cm³/mol. The second-order valence-corrected chi connectivity index (χ2v) is 3.62. The van der Waals surface area contributed by atoms with Crippen LogP contribution in [-0.2, 0) is 0 Å². The number of aromatic nitrogens is 2. The topological polar surface area (TPSA) is 50.8 Å². The van der Waals surface area contributed by atoms with Gasteiger partial charge in [-0.25, -0.2) is 4.98 Å². The van der Waals surface area contributed by atoms with Gasteiger partial charge in [0.05, 0.1) is 11.6 Å². The first kappa shape index (κ1) is 10.9. The molecule has 3 nitrogen and oxygen atoms in total. The predicted octanol–water partition coefficient (Wildman–Crippen LogP) is 1.48. The van der Waals surface area contributed by atoms with Gasteiger partial charge in [-0.2, -0.15) is 5.26 Å². The van der Waals surface area contributed by atoms with Crippen molar-refractivity contribution in [3.8, 4) is 17.9 Å². The van der Waals surface area contributed by atoms with E-state index in [0.717, 1.165) is 16.7 Å². The lowest BCUT2D eigenvalue weighted by molar-refractivity contribution is -0.383. The summed E-state index contributed by atoms with van der Waals surface area (Å²) in [6.45, 7) is 1.95. The molecule has 0 aliphatic rings. The molecular weight excluding hydrogens is 210 g/mol. The van der Waals surface area contributed by atoms with Crippen LogP contribution in [0, 0.1) is 30.1 Å². The molecule has 1 aromatic heterocycles. The Morgan fingerprint density at radius 3 is 2.59 bits per heavy atom. The van der Waals surface area contributed by atoms with Crippen LogP contribution in [0.5, 0.6) is 0 Å². The number of aryl methyl sites for hydroxylation is 1. The van der Waals surface area contributed by atoms with E-state index >= 15 is 0 Å². The highest BCUT2D eigenvalue weighted by Gasteiger charge is 1.95. The molecule has 1 N–H and O–H groups in total. The highest BCUT2D eigenvalue weighted by atomic mass is 14.8. The molecule has 0 unspecified atom stereocenters. The van der Waals surface area contributed by atoms with Crippen LogP contribution in [0.4, 0.5) is 0 Å². The summed E-state index contributed by atoms with van der Waals surface area (Å²) < 4.78 is 0. The van der Waals surface area contributed by atoms with Gasteiger partial charge in [-0.3, -0.25) is 0 Å². The summed E-state index contributed by atoms with van der Waals surface area (Å²) in [5.74, 6) is 6.00. The molecule has 0 amide bonds. The van der Waals surface area contributed by atoms with E-state index in [1.807, 2.05) is 19.1 Å². The Kier molecular flexibility index (Phi) is 3.14. The lowest BCUT2D eigenvalue weighted by Crippen LogP contribution is -2.01. The van der Waals surface area contributed by atoms with E-state index < -0.39 is 0 Å². The average Bonchev–Trinajstić information content (AvgIpc) is 2.37. The first-order valence-electron chi connectivity index (χ1n) is 5.13. The number of benzene rings is 1. The first-order chi connectivity index (χ1) is 8.28. The average molecular weight is 220 g/mol. The lowest BCUT2D eigenvalue weighted by atomic mass is 10.1. The SMILES string of the molecule is Cc1cc(C#N)cc(C#Cc2cnc[nH+]c2)c1. The molecule has 2 rings (SSSR count). The van der Waals surface area contributed by atoms with E-state index in [0.29, 0.717) is 5.56 Å².